The quantitative estimate of drug-likeness (QED) is 0.281. The molecule has 0 aliphatic carbocycles. The van der Waals surface area contributed by atoms with Crippen molar-refractivity contribution < 1.29 is 9.72 Å². The Kier molecular flexibility index (Phi) is 5.62. The van der Waals surface area contributed by atoms with Crippen LogP contribution in [0.5, 0.6) is 0 Å². The summed E-state index contributed by atoms with van der Waals surface area (Å²) in [6.07, 6.45) is 0. The number of amides is 1. The van der Waals surface area contributed by atoms with Crippen molar-refractivity contribution in [2.75, 3.05) is 11.9 Å². The second-order valence-electron chi connectivity index (χ2n) is 4.31. The monoisotopic (exact) mass is 366 g/mol. The third-order valence-electron chi connectivity index (χ3n) is 2.68. The van der Waals surface area contributed by atoms with Crippen LogP contribution < -0.4 is 25.5 Å². The molecule has 2 rings (SSSR count). The van der Waals surface area contributed by atoms with Crippen LogP contribution in [0.25, 0.3) is 0 Å². The van der Waals surface area contributed by atoms with Gasteiger partial charge in [0.2, 0.25) is 0 Å². The molecule has 0 aliphatic heterocycles. The van der Waals surface area contributed by atoms with Gasteiger partial charge >= 0.3 is 133 Å². The zero-order valence-electron chi connectivity index (χ0n) is 11.5. The van der Waals surface area contributed by atoms with E-state index in [2.05, 4.69) is 10.7 Å². The zero-order valence-corrected chi connectivity index (χ0v) is 13.2. The molecule has 0 heterocycles. The summed E-state index contributed by atoms with van der Waals surface area (Å²) in [6, 6.07) is 14.0. The summed E-state index contributed by atoms with van der Waals surface area (Å²) < 4.78 is 2.15. The molecule has 0 unspecified atom stereocenters. The fourth-order valence-electron chi connectivity index (χ4n) is 1.68. The van der Waals surface area contributed by atoms with Crippen LogP contribution in [0.3, 0.4) is 0 Å². The van der Waals surface area contributed by atoms with Crippen LogP contribution in [0.4, 0.5) is 11.4 Å². The molecule has 0 bridgehead atoms. The molecular weight excluding hydrogens is 351 g/mol. The van der Waals surface area contributed by atoms with Crippen molar-refractivity contribution in [1.82, 2.24) is 5.43 Å². The van der Waals surface area contributed by atoms with Gasteiger partial charge in [-0.25, -0.2) is 0 Å². The van der Waals surface area contributed by atoms with Crippen molar-refractivity contribution in [2.24, 2.45) is 5.84 Å². The van der Waals surface area contributed by atoms with Gasteiger partial charge in [-0.2, -0.15) is 0 Å². The van der Waals surface area contributed by atoms with Crippen LogP contribution in [0.2, 0.25) is 0 Å². The molecular formula is C14H14N4O3Se. The predicted molar refractivity (Wildman–Crippen MR) is 85.4 cm³/mol. The van der Waals surface area contributed by atoms with E-state index in [9.17, 15) is 14.9 Å². The van der Waals surface area contributed by atoms with Gasteiger partial charge in [0.25, 0.3) is 0 Å². The van der Waals surface area contributed by atoms with Crippen molar-refractivity contribution in [3.8, 4) is 0 Å². The molecule has 2 aromatic rings. The molecule has 8 heteroatoms. The summed E-state index contributed by atoms with van der Waals surface area (Å²) in [5.41, 5.74) is 3.07. The number of nitrogens with one attached hydrogen (secondary N) is 2. The van der Waals surface area contributed by atoms with Crippen LogP contribution >= 0.6 is 0 Å². The van der Waals surface area contributed by atoms with E-state index in [0.29, 0.717) is 5.69 Å². The molecule has 1 amide bonds. The van der Waals surface area contributed by atoms with E-state index in [0.717, 1.165) is 8.92 Å². The molecule has 0 atom stereocenters. The van der Waals surface area contributed by atoms with Gasteiger partial charge in [0.1, 0.15) is 0 Å². The van der Waals surface area contributed by atoms with Gasteiger partial charge in [-0.05, 0) is 0 Å². The molecule has 7 nitrogen and oxygen atoms in total. The van der Waals surface area contributed by atoms with Gasteiger partial charge in [0, 0.05) is 0 Å². The molecule has 0 spiro atoms. The minimum absolute atomic E-state index is 0.0501. The predicted octanol–water partition coefficient (Wildman–Crippen LogP) is -0.348. The number of hydrogen-bond acceptors (Lipinski definition) is 5. The Bertz CT molecular complexity index is 659. The SMILES string of the molecule is NNCC(=O)Nc1ccc([Se]c2ccc([N+](=O)[O-])cc2)cc1. The molecule has 0 saturated heterocycles. The first kappa shape index (κ1) is 16.1. The number of non-ortho nitro benzene ring substituents is 1. The Morgan fingerprint density at radius 1 is 1.09 bits per heavy atom. The van der Waals surface area contributed by atoms with E-state index in [1.807, 2.05) is 24.3 Å². The Labute approximate surface area is 133 Å². The Hall–Kier alpha value is -2.25. The molecule has 0 saturated carbocycles. The number of nitrogens with two attached hydrogens (primary N) is 1. The number of nitro benzene ring substituents is 1. The number of carbonyl (C=O) groups excluding carboxylic acids is 1. The van der Waals surface area contributed by atoms with Crippen LogP contribution in [-0.2, 0) is 4.79 Å². The van der Waals surface area contributed by atoms with Crippen molar-refractivity contribution >= 4 is 41.2 Å². The molecule has 0 radical (unpaired) electrons. The van der Waals surface area contributed by atoms with Gasteiger partial charge < -0.3 is 0 Å². The van der Waals surface area contributed by atoms with Crippen LogP contribution in [-0.4, -0.2) is 32.3 Å². The number of nitro groups is 1. The molecule has 0 fully saturated rings. The molecule has 0 aliphatic rings. The number of anilines is 1. The third-order valence-corrected chi connectivity index (χ3v) is 4.82. The maximum absolute atomic E-state index is 11.4. The van der Waals surface area contributed by atoms with Gasteiger partial charge in [0.15, 0.2) is 0 Å². The average Bonchev–Trinajstić information content (AvgIpc) is 2.50. The number of carbonyl (C=O) groups is 1. The zero-order chi connectivity index (χ0) is 15.9. The van der Waals surface area contributed by atoms with E-state index in [1.54, 1.807) is 12.1 Å². The average molecular weight is 365 g/mol. The Morgan fingerprint density at radius 3 is 2.14 bits per heavy atom. The van der Waals surface area contributed by atoms with Gasteiger partial charge in [-0.15, -0.1) is 0 Å². The van der Waals surface area contributed by atoms with Crippen molar-refractivity contribution in [2.45, 2.75) is 0 Å². The van der Waals surface area contributed by atoms with Gasteiger partial charge in [-0.3, -0.25) is 0 Å². The second kappa shape index (κ2) is 7.67. The summed E-state index contributed by atoms with van der Waals surface area (Å²) in [4.78, 5) is 21.6. The number of hydrogen-bond donors (Lipinski definition) is 3. The van der Waals surface area contributed by atoms with E-state index >= 15 is 0 Å². The van der Waals surface area contributed by atoms with Crippen molar-refractivity contribution in [3.05, 3.63) is 58.6 Å². The molecule has 4 N–H and O–H groups in total. The summed E-state index contributed by atoms with van der Waals surface area (Å²) in [7, 11) is 0. The number of rotatable bonds is 6. The standard InChI is InChI=1S/C14H14N4O3Se/c15-16-9-14(19)17-10-1-5-12(6-2-10)22-13-7-3-11(4-8-13)18(20)21/h1-8,16H,9,15H2,(H,17,19). The molecule has 2 aromatic carbocycles. The second-order valence-corrected chi connectivity index (χ2v) is 6.71. The minimum atomic E-state index is -0.412. The van der Waals surface area contributed by atoms with Crippen LogP contribution in [0, 0.1) is 10.1 Å². The van der Waals surface area contributed by atoms with Crippen molar-refractivity contribution in [1.29, 1.82) is 0 Å². The van der Waals surface area contributed by atoms with Gasteiger partial charge in [0.05, 0.1) is 0 Å². The van der Waals surface area contributed by atoms with Crippen LogP contribution in [0.1, 0.15) is 0 Å². The summed E-state index contributed by atoms with van der Waals surface area (Å²) in [5.74, 6) is 4.86. The normalized spacial score (nSPS) is 10.2. The fraction of sp³-hybridized carbons (Fsp3) is 0.0714. The first-order valence-corrected chi connectivity index (χ1v) is 8.05. The summed E-state index contributed by atoms with van der Waals surface area (Å²) in [6.45, 7) is 0.0501. The van der Waals surface area contributed by atoms with E-state index in [1.165, 1.54) is 12.1 Å². The fourth-order valence-corrected chi connectivity index (χ4v) is 3.39. The number of benzene rings is 2. The van der Waals surface area contributed by atoms with E-state index in [4.69, 9.17) is 5.84 Å². The first-order valence-electron chi connectivity index (χ1n) is 6.34. The molecule has 0 aromatic heterocycles. The molecule has 114 valence electrons. The van der Waals surface area contributed by atoms with E-state index in [-0.39, 0.29) is 33.1 Å². The third kappa shape index (κ3) is 4.64. The molecule has 22 heavy (non-hydrogen) atoms. The van der Waals surface area contributed by atoms with Gasteiger partial charge in [-0.1, -0.05) is 0 Å². The topological polar surface area (TPSA) is 110 Å². The summed E-state index contributed by atoms with van der Waals surface area (Å²) >= 11 is 0.0521. The first-order chi connectivity index (χ1) is 10.6. The summed E-state index contributed by atoms with van der Waals surface area (Å²) in [5, 5.41) is 13.3. The number of nitrogens with zero attached hydrogens (tertiary/aromatic N) is 1. The Morgan fingerprint density at radius 2 is 1.64 bits per heavy atom. The van der Waals surface area contributed by atoms with Crippen molar-refractivity contribution in [3.63, 3.8) is 0 Å². The number of hydrazine groups is 1. The maximum atomic E-state index is 11.4. The Balaban J connectivity index is 1.98. The van der Waals surface area contributed by atoms with E-state index < -0.39 is 4.92 Å². The van der Waals surface area contributed by atoms with Crippen LogP contribution in [0.15, 0.2) is 48.5 Å².